The molecule has 0 unspecified atom stereocenters. The summed E-state index contributed by atoms with van der Waals surface area (Å²) < 4.78 is 1.60. The summed E-state index contributed by atoms with van der Waals surface area (Å²) in [5.41, 5.74) is 1.83. The van der Waals surface area contributed by atoms with Crippen molar-refractivity contribution in [2.45, 2.75) is 6.42 Å². The SMILES string of the molecule is CN(C)CCCNC(=S)Nc1ccc(-n2cnnn2)cc1. The fourth-order valence-electron chi connectivity index (χ4n) is 1.75. The van der Waals surface area contributed by atoms with Crippen molar-refractivity contribution in [2.24, 2.45) is 0 Å². The predicted octanol–water partition coefficient (Wildman–Crippen LogP) is 0.900. The second kappa shape index (κ2) is 7.65. The molecule has 1 heterocycles. The number of anilines is 1. The minimum absolute atomic E-state index is 0.629. The molecule has 21 heavy (non-hydrogen) atoms. The highest BCUT2D eigenvalue weighted by atomic mass is 32.1. The second-order valence-corrected chi connectivity index (χ2v) is 5.25. The normalized spacial score (nSPS) is 10.6. The van der Waals surface area contributed by atoms with Gasteiger partial charge in [-0.05, 0) is 74.0 Å². The zero-order valence-corrected chi connectivity index (χ0v) is 13.0. The molecule has 0 aliphatic rings. The van der Waals surface area contributed by atoms with Gasteiger partial charge in [-0.15, -0.1) is 5.10 Å². The van der Waals surface area contributed by atoms with Crippen molar-refractivity contribution in [3.63, 3.8) is 0 Å². The van der Waals surface area contributed by atoms with Crippen LogP contribution in [0.5, 0.6) is 0 Å². The van der Waals surface area contributed by atoms with Gasteiger partial charge in [-0.2, -0.15) is 0 Å². The van der Waals surface area contributed by atoms with Crippen LogP contribution in [-0.4, -0.2) is 57.4 Å². The molecule has 2 N–H and O–H groups in total. The summed E-state index contributed by atoms with van der Waals surface area (Å²) in [4.78, 5) is 2.15. The van der Waals surface area contributed by atoms with Crippen molar-refractivity contribution < 1.29 is 0 Å². The lowest BCUT2D eigenvalue weighted by Gasteiger charge is -2.12. The zero-order valence-electron chi connectivity index (χ0n) is 12.2. The molecule has 0 atom stereocenters. The van der Waals surface area contributed by atoms with E-state index in [2.05, 4.69) is 45.2 Å². The molecule has 0 radical (unpaired) electrons. The first-order valence-corrected chi connectivity index (χ1v) is 7.09. The van der Waals surface area contributed by atoms with E-state index in [-0.39, 0.29) is 0 Å². The van der Waals surface area contributed by atoms with Crippen molar-refractivity contribution in [2.75, 3.05) is 32.5 Å². The van der Waals surface area contributed by atoms with Crippen LogP contribution in [-0.2, 0) is 0 Å². The number of aromatic nitrogens is 4. The zero-order chi connectivity index (χ0) is 15.1. The van der Waals surface area contributed by atoms with E-state index in [1.807, 2.05) is 24.3 Å². The summed E-state index contributed by atoms with van der Waals surface area (Å²) in [6, 6.07) is 7.72. The number of thiocarbonyl (C=S) groups is 1. The average molecular weight is 305 g/mol. The van der Waals surface area contributed by atoms with E-state index >= 15 is 0 Å². The first kappa shape index (κ1) is 15.3. The third kappa shape index (κ3) is 5.09. The van der Waals surface area contributed by atoms with Gasteiger partial charge in [-0.1, -0.05) is 0 Å². The molecule has 8 heteroatoms. The van der Waals surface area contributed by atoms with Gasteiger partial charge in [0, 0.05) is 12.2 Å². The molecule has 0 saturated carbocycles. The topological polar surface area (TPSA) is 70.9 Å². The number of tetrazole rings is 1. The molecule has 0 aliphatic carbocycles. The number of hydrogen-bond donors (Lipinski definition) is 2. The van der Waals surface area contributed by atoms with Crippen molar-refractivity contribution in [1.82, 2.24) is 30.4 Å². The number of hydrogen-bond acceptors (Lipinski definition) is 5. The van der Waals surface area contributed by atoms with Gasteiger partial charge in [0.05, 0.1) is 5.69 Å². The monoisotopic (exact) mass is 305 g/mol. The Labute approximate surface area is 129 Å². The maximum Gasteiger partial charge on any atom is 0.170 e. The summed E-state index contributed by atoms with van der Waals surface area (Å²) >= 11 is 5.25. The fourth-order valence-corrected chi connectivity index (χ4v) is 1.97. The van der Waals surface area contributed by atoms with Crippen molar-refractivity contribution in [3.8, 4) is 5.69 Å². The van der Waals surface area contributed by atoms with Gasteiger partial charge in [-0.25, -0.2) is 4.68 Å². The van der Waals surface area contributed by atoms with Crippen LogP contribution in [0.1, 0.15) is 6.42 Å². The lowest BCUT2D eigenvalue weighted by molar-refractivity contribution is 0.400. The highest BCUT2D eigenvalue weighted by molar-refractivity contribution is 7.80. The molecule has 0 aliphatic heterocycles. The third-order valence-electron chi connectivity index (χ3n) is 2.81. The van der Waals surface area contributed by atoms with E-state index in [0.717, 1.165) is 30.9 Å². The molecule has 0 amide bonds. The molecule has 0 fully saturated rings. The van der Waals surface area contributed by atoms with E-state index in [1.165, 1.54) is 0 Å². The fraction of sp³-hybridized carbons (Fsp3) is 0.385. The minimum Gasteiger partial charge on any atom is -0.362 e. The Bertz CT molecular complexity index is 550. The van der Waals surface area contributed by atoms with Crippen LogP contribution in [0.25, 0.3) is 5.69 Å². The lowest BCUT2D eigenvalue weighted by atomic mass is 10.3. The van der Waals surface area contributed by atoms with Gasteiger partial charge in [0.2, 0.25) is 0 Å². The number of nitrogens with zero attached hydrogens (tertiary/aromatic N) is 5. The Morgan fingerprint density at radius 1 is 1.29 bits per heavy atom. The standard InChI is InChI=1S/C13H19N7S/c1-19(2)9-3-8-14-13(21)16-11-4-6-12(7-5-11)20-10-15-17-18-20/h4-7,10H,3,8-9H2,1-2H3,(H2,14,16,21). The first-order valence-electron chi connectivity index (χ1n) is 6.68. The van der Waals surface area contributed by atoms with Crippen LogP contribution in [0.15, 0.2) is 30.6 Å². The molecule has 2 rings (SSSR count). The minimum atomic E-state index is 0.629. The number of benzene rings is 1. The third-order valence-corrected chi connectivity index (χ3v) is 3.05. The van der Waals surface area contributed by atoms with Crippen molar-refractivity contribution >= 4 is 23.0 Å². The maximum absolute atomic E-state index is 5.25. The van der Waals surface area contributed by atoms with Gasteiger partial charge in [0.1, 0.15) is 6.33 Å². The molecule has 0 bridgehead atoms. The summed E-state index contributed by atoms with van der Waals surface area (Å²) in [6.45, 7) is 1.89. The highest BCUT2D eigenvalue weighted by Crippen LogP contribution is 2.11. The Kier molecular flexibility index (Phi) is 5.59. The Morgan fingerprint density at radius 2 is 2.05 bits per heavy atom. The molecule has 1 aromatic carbocycles. The lowest BCUT2D eigenvalue weighted by Crippen LogP contribution is -2.30. The van der Waals surface area contributed by atoms with E-state index in [9.17, 15) is 0 Å². The van der Waals surface area contributed by atoms with Crippen molar-refractivity contribution in [3.05, 3.63) is 30.6 Å². The molecule has 2 aromatic rings. The van der Waals surface area contributed by atoms with E-state index < -0.39 is 0 Å². The Hall–Kier alpha value is -2.06. The summed E-state index contributed by atoms with van der Waals surface area (Å²) in [7, 11) is 4.12. The first-order chi connectivity index (χ1) is 10.1. The predicted molar refractivity (Wildman–Crippen MR) is 86.5 cm³/mol. The van der Waals surface area contributed by atoms with Crippen LogP contribution in [0.3, 0.4) is 0 Å². The number of nitrogens with one attached hydrogen (secondary N) is 2. The molecular formula is C13H19N7S. The van der Waals surface area contributed by atoms with Crippen LogP contribution < -0.4 is 10.6 Å². The maximum atomic E-state index is 5.25. The molecule has 0 spiro atoms. The van der Waals surface area contributed by atoms with Crippen molar-refractivity contribution in [1.29, 1.82) is 0 Å². The summed E-state index contributed by atoms with van der Waals surface area (Å²) in [5.74, 6) is 0. The van der Waals surface area contributed by atoms with Crippen LogP contribution in [0, 0.1) is 0 Å². The van der Waals surface area contributed by atoms with Gasteiger partial charge in [-0.3, -0.25) is 0 Å². The van der Waals surface area contributed by atoms with Crippen LogP contribution in [0.4, 0.5) is 5.69 Å². The highest BCUT2D eigenvalue weighted by Gasteiger charge is 2.00. The Balaban J connectivity index is 1.79. The van der Waals surface area contributed by atoms with E-state index in [0.29, 0.717) is 5.11 Å². The van der Waals surface area contributed by atoms with Crippen LogP contribution in [0.2, 0.25) is 0 Å². The van der Waals surface area contributed by atoms with Gasteiger partial charge >= 0.3 is 0 Å². The molecule has 0 saturated heterocycles. The number of rotatable bonds is 6. The molecule has 112 valence electrons. The second-order valence-electron chi connectivity index (χ2n) is 4.84. The molecule has 7 nitrogen and oxygen atoms in total. The smallest absolute Gasteiger partial charge is 0.170 e. The molecular weight excluding hydrogens is 286 g/mol. The summed E-state index contributed by atoms with van der Waals surface area (Å²) in [6.07, 6.45) is 2.60. The molecule has 1 aromatic heterocycles. The van der Waals surface area contributed by atoms with Gasteiger partial charge in [0.25, 0.3) is 0 Å². The largest absolute Gasteiger partial charge is 0.362 e. The van der Waals surface area contributed by atoms with Gasteiger partial charge in [0.15, 0.2) is 5.11 Å². The van der Waals surface area contributed by atoms with E-state index in [1.54, 1.807) is 11.0 Å². The van der Waals surface area contributed by atoms with E-state index in [4.69, 9.17) is 12.2 Å². The summed E-state index contributed by atoms with van der Waals surface area (Å²) in [5, 5.41) is 18.0. The Morgan fingerprint density at radius 3 is 2.67 bits per heavy atom. The van der Waals surface area contributed by atoms with Gasteiger partial charge < -0.3 is 15.5 Å². The average Bonchev–Trinajstić information content (AvgIpc) is 2.98. The quantitative estimate of drug-likeness (QED) is 0.607. The van der Waals surface area contributed by atoms with Crippen LogP contribution >= 0.6 is 12.2 Å².